The second-order valence-electron chi connectivity index (χ2n) is 10.9. The van der Waals surface area contributed by atoms with Gasteiger partial charge in [0.2, 0.25) is 0 Å². The van der Waals surface area contributed by atoms with Crippen molar-refractivity contribution in [1.82, 2.24) is 29.0 Å². The number of nitrogens with two attached hydrogens (primary N) is 1. The average Bonchev–Trinajstić information content (AvgIpc) is 3.57. The molecule has 10 heteroatoms. The molecule has 0 spiro atoms. The van der Waals surface area contributed by atoms with E-state index in [1.807, 2.05) is 19.3 Å². The number of carbonyl (C=O) groups is 1. The van der Waals surface area contributed by atoms with Gasteiger partial charge in [-0.2, -0.15) is 5.10 Å². The first-order valence-corrected chi connectivity index (χ1v) is 13.1. The second-order valence-corrected chi connectivity index (χ2v) is 10.9. The quantitative estimate of drug-likeness (QED) is 0.348. The van der Waals surface area contributed by atoms with Crippen molar-refractivity contribution >= 4 is 28.3 Å². The van der Waals surface area contributed by atoms with E-state index in [-0.39, 0.29) is 24.0 Å². The minimum Gasteiger partial charge on any atom is -0.382 e. The lowest BCUT2D eigenvalue weighted by atomic mass is 9.62. The standard InChI is InChI=1S/C29H27F2N7O/c1-36-13-20(11-34-36)17-3-4-18(22(30)8-17)14-37(25-5-2-16-6-19(25)7-16)29(39)21-9-26-24(10-23(21)31)35-28(32)27-12-33-15-38(26)27/h3-4,8-13,15-16,19,25H,2,5-7,14H2,1H3,(H2,32,35). The summed E-state index contributed by atoms with van der Waals surface area (Å²) in [5.74, 6) is -0.274. The van der Waals surface area contributed by atoms with Crippen molar-refractivity contribution in [3.63, 3.8) is 0 Å². The molecule has 3 aliphatic rings. The van der Waals surface area contributed by atoms with Crippen LogP contribution in [0.5, 0.6) is 0 Å². The van der Waals surface area contributed by atoms with Gasteiger partial charge in [-0.1, -0.05) is 12.1 Å². The van der Waals surface area contributed by atoms with Crippen molar-refractivity contribution < 1.29 is 13.6 Å². The van der Waals surface area contributed by atoms with Gasteiger partial charge in [0.05, 0.1) is 35.3 Å². The van der Waals surface area contributed by atoms with E-state index in [2.05, 4.69) is 15.1 Å². The zero-order valence-corrected chi connectivity index (χ0v) is 21.4. The highest BCUT2D eigenvalue weighted by atomic mass is 19.1. The summed E-state index contributed by atoms with van der Waals surface area (Å²) in [5.41, 5.74) is 9.29. The summed E-state index contributed by atoms with van der Waals surface area (Å²) in [6, 6.07) is 7.68. The number of hydrogen-bond donors (Lipinski definition) is 1. The molecular weight excluding hydrogens is 500 g/mol. The third-order valence-corrected chi connectivity index (χ3v) is 8.48. The van der Waals surface area contributed by atoms with Crippen molar-refractivity contribution in [2.45, 2.75) is 38.3 Å². The zero-order chi connectivity index (χ0) is 26.8. The first-order chi connectivity index (χ1) is 18.9. The van der Waals surface area contributed by atoms with Crippen LogP contribution in [-0.4, -0.2) is 41.0 Å². The van der Waals surface area contributed by atoms with Crippen LogP contribution in [-0.2, 0) is 13.6 Å². The molecule has 1 unspecified atom stereocenters. The van der Waals surface area contributed by atoms with Gasteiger partial charge < -0.3 is 10.6 Å². The summed E-state index contributed by atoms with van der Waals surface area (Å²) >= 11 is 0. The maximum atomic E-state index is 15.5. The van der Waals surface area contributed by atoms with E-state index in [1.165, 1.54) is 18.2 Å². The third kappa shape index (κ3) is 3.93. The Balaban J connectivity index is 1.28. The minimum absolute atomic E-state index is 0.0573. The van der Waals surface area contributed by atoms with Crippen LogP contribution in [0.15, 0.2) is 55.2 Å². The predicted molar refractivity (Wildman–Crippen MR) is 143 cm³/mol. The molecule has 8 rings (SSSR count). The van der Waals surface area contributed by atoms with Crippen LogP contribution in [0, 0.1) is 23.5 Å². The fourth-order valence-corrected chi connectivity index (χ4v) is 6.35. The highest BCUT2D eigenvalue weighted by Crippen LogP contribution is 2.48. The number of nitrogens with zero attached hydrogens (tertiary/aromatic N) is 6. The van der Waals surface area contributed by atoms with Gasteiger partial charge in [-0.15, -0.1) is 0 Å². The van der Waals surface area contributed by atoms with E-state index in [1.54, 1.807) is 38.8 Å². The molecule has 198 valence electrons. The van der Waals surface area contributed by atoms with Crippen LogP contribution in [0.4, 0.5) is 14.6 Å². The predicted octanol–water partition coefficient (Wildman–Crippen LogP) is 4.97. The number of hydrogen-bond acceptors (Lipinski definition) is 5. The maximum Gasteiger partial charge on any atom is 0.257 e. The molecule has 2 bridgehead atoms. The van der Waals surface area contributed by atoms with E-state index in [0.717, 1.165) is 31.2 Å². The summed E-state index contributed by atoms with van der Waals surface area (Å²) in [5, 5.41) is 4.16. The lowest BCUT2D eigenvalue weighted by molar-refractivity contribution is 0.00141. The number of fused-ring (bicyclic) bond motifs is 5. The van der Waals surface area contributed by atoms with E-state index in [4.69, 9.17) is 5.73 Å². The molecule has 3 aliphatic carbocycles. The van der Waals surface area contributed by atoms with Gasteiger partial charge in [0.1, 0.15) is 23.0 Å². The fourth-order valence-electron chi connectivity index (χ4n) is 6.35. The van der Waals surface area contributed by atoms with Crippen molar-refractivity contribution in [1.29, 1.82) is 0 Å². The topological polar surface area (TPSA) is 94.3 Å². The van der Waals surface area contributed by atoms with Crippen LogP contribution in [0.1, 0.15) is 41.6 Å². The van der Waals surface area contributed by atoms with Gasteiger partial charge >= 0.3 is 0 Å². The molecule has 5 aromatic rings. The van der Waals surface area contributed by atoms with Gasteiger partial charge in [0.25, 0.3) is 5.91 Å². The van der Waals surface area contributed by atoms with E-state index in [9.17, 15) is 4.79 Å². The second kappa shape index (κ2) is 8.86. The molecule has 1 atom stereocenters. The highest BCUT2D eigenvalue weighted by molar-refractivity contribution is 5.98. The number of halogens is 2. The van der Waals surface area contributed by atoms with Crippen LogP contribution in [0.25, 0.3) is 27.7 Å². The van der Waals surface area contributed by atoms with Crippen molar-refractivity contribution in [3.05, 3.63) is 78.0 Å². The molecule has 0 saturated heterocycles. The number of rotatable bonds is 5. The van der Waals surface area contributed by atoms with Crippen LogP contribution < -0.4 is 5.73 Å². The average molecular weight is 528 g/mol. The lowest BCUT2D eigenvalue weighted by Gasteiger charge is -2.50. The molecular formula is C29H27F2N7O. The molecule has 2 aromatic carbocycles. The van der Waals surface area contributed by atoms with Crippen LogP contribution in [0.2, 0.25) is 0 Å². The number of aryl methyl sites for hydroxylation is 1. The molecule has 39 heavy (non-hydrogen) atoms. The van der Waals surface area contributed by atoms with E-state index < -0.39 is 17.5 Å². The fraction of sp³-hybridized carbons (Fsp3) is 0.310. The molecule has 0 aliphatic heterocycles. The number of nitrogen functional groups attached to an aromatic ring is 1. The zero-order valence-electron chi connectivity index (χ0n) is 21.4. The number of aromatic nitrogens is 5. The Labute approximate surface area is 223 Å². The van der Waals surface area contributed by atoms with Gasteiger partial charge in [-0.3, -0.25) is 13.9 Å². The summed E-state index contributed by atoms with van der Waals surface area (Å²) in [7, 11) is 1.81. The SMILES string of the molecule is Cn1cc(-c2ccc(CN(C(=O)c3cc4c(cc3F)nc(N)c3cncn34)C3CCC4CC3C4)c(F)c2)cn1. The Morgan fingerprint density at radius 2 is 1.92 bits per heavy atom. The molecule has 8 nitrogen and oxygen atoms in total. The molecule has 2 N–H and O–H groups in total. The van der Waals surface area contributed by atoms with Gasteiger partial charge in [-0.25, -0.2) is 18.7 Å². The Morgan fingerprint density at radius 3 is 2.64 bits per heavy atom. The Kier molecular flexibility index (Phi) is 5.40. The smallest absolute Gasteiger partial charge is 0.257 e. The minimum atomic E-state index is -0.682. The molecule has 3 heterocycles. The van der Waals surface area contributed by atoms with Gasteiger partial charge in [-0.05, 0) is 55.2 Å². The number of carbonyl (C=O) groups excluding carboxylic acids is 1. The molecule has 1 amide bonds. The number of amides is 1. The summed E-state index contributed by atoms with van der Waals surface area (Å²) < 4.78 is 34.3. The normalized spacial score (nSPS) is 20.3. The largest absolute Gasteiger partial charge is 0.382 e. The van der Waals surface area contributed by atoms with Gasteiger partial charge in [0, 0.05) is 43.0 Å². The maximum absolute atomic E-state index is 15.5. The third-order valence-electron chi connectivity index (χ3n) is 8.48. The van der Waals surface area contributed by atoms with Gasteiger partial charge in [0.15, 0.2) is 0 Å². The number of anilines is 1. The number of imidazole rings is 1. The van der Waals surface area contributed by atoms with E-state index in [0.29, 0.717) is 39.5 Å². The van der Waals surface area contributed by atoms with Crippen molar-refractivity contribution in [2.75, 3.05) is 5.73 Å². The van der Waals surface area contributed by atoms with Crippen LogP contribution >= 0.6 is 0 Å². The molecule has 3 fully saturated rings. The monoisotopic (exact) mass is 527 g/mol. The van der Waals surface area contributed by atoms with Crippen LogP contribution in [0.3, 0.4) is 0 Å². The first-order valence-electron chi connectivity index (χ1n) is 13.1. The Morgan fingerprint density at radius 1 is 1.08 bits per heavy atom. The summed E-state index contributed by atoms with van der Waals surface area (Å²) in [6.45, 7) is 0.0573. The van der Waals surface area contributed by atoms with Crippen molar-refractivity contribution in [3.8, 4) is 11.1 Å². The first kappa shape index (κ1) is 23.8. The van der Waals surface area contributed by atoms with Crippen molar-refractivity contribution in [2.24, 2.45) is 18.9 Å². The molecule has 0 radical (unpaired) electrons. The lowest BCUT2D eigenvalue weighted by Crippen LogP contribution is -2.51. The molecule has 3 aromatic heterocycles. The Hall–Kier alpha value is -4.34. The van der Waals surface area contributed by atoms with E-state index >= 15 is 8.78 Å². The summed E-state index contributed by atoms with van der Waals surface area (Å²) in [6.07, 6.45) is 10.6. The Bertz CT molecular complexity index is 1750. The molecule has 3 saturated carbocycles. The number of benzene rings is 2. The highest BCUT2D eigenvalue weighted by Gasteiger charge is 2.44. The summed E-state index contributed by atoms with van der Waals surface area (Å²) in [4.78, 5) is 24.2.